The van der Waals surface area contributed by atoms with Crippen molar-refractivity contribution in [2.24, 2.45) is 0 Å². The molecule has 8 N–H and O–H groups in total. The number of hydrogen-bond acceptors (Lipinski definition) is 10. The molecule has 3 atom stereocenters. The Morgan fingerprint density at radius 1 is 0.788 bits per heavy atom. The quantitative estimate of drug-likeness (QED) is 0.0790. The summed E-state index contributed by atoms with van der Waals surface area (Å²) < 4.78 is 5.12. The van der Waals surface area contributed by atoms with Crippen LogP contribution in [-0.4, -0.2) is 118 Å². The largest absolute Gasteiger partial charge is 0.382 e. The molecule has 0 spiro atoms. The standard InChI is InChI=1S/C22H48N6O5/c1-6-22(4,33-5)20(31)18(29)19(30)21(32)28-16-14-26-12-10-24-8-7-23-9-11-25-13-15-27-17(2)3/h17-19,23-27,29-30H,6-16H2,1-5H3,(H,28,32)/t18-,19-,22?/m1/s1. The topological polar surface area (TPSA) is 156 Å². The second kappa shape index (κ2) is 19.2. The number of aliphatic hydroxyl groups is 2. The van der Waals surface area contributed by atoms with Crippen LogP contribution in [0, 0.1) is 0 Å². The number of methoxy groups -OCH3 is 1. The van der Waals surface area contributed by atoms with Crippen LogP contribution in [0.3, 0.4) is 0 Å². The van der Waals surface area contributed by atoms with Crippen LogP contribution in [0.2, 0.25) is 0 Å². The highest BCUT2D eigenvalue weighted by atomic mass is 16.5. The fourth-order valence-corrected chi connectivity index (χ4v) is 2.88. The van der Waals surface area contributed by atoms with Crippen LogP contribution in [0.25, 0.3) is 0 Å². The van der Waals surface area contributed by atoms with Crippen molar-refractivity contribution in [3.63, 3.8) is 0 Å². The van der Waals surface area contributed by atoms with Gasteiger partial charge in [0.15, 0.2) is 18.0 Å². The van der Waals surface area contributed by atoms with Crippen molar-refractivity contribution >= 4 is 11.7 Å². The van der Waals surface area contributed by atoms with E-state index in [0.717, 1.165) is 52.4 Å². The summed E-state index contributed by atoms with van der Waals surface area (Å²) in [4.78, 5) is 24.2. The Labute approximate surface area is 199 Å². The maximum absolute atomic E-state index is 12.3. The summed E-state index contributed by atoms with van der Waals surface area (Å²) in [5.41, 5.74) is -1.24. The molecule has 0 aliphatic heterocycles. The molecular formula is C22H48N6O5. The molecule has 1 amide bonds. The summed E-state index contributed by atoms with van der Waals surface area (Å²) >= 11 is 0. The van der Waals surface area contributed by atoms with Crippen molar-refractivity contribution in [1.82, 2.24) is 31.9 Å². The van der Waals surface area contributed by atoms with Crippen molar-refractivity contribution in [3.05, 3.63) is 0 Å². The van der Waals surface area contributed by atoms with E-state index in [1.807, 2.05) is 0 Å². The fraction of sp³-hybridized carbons (Fsp3) is 0.909. The van der Waals surface area contributed by atoms with E-state index in [1.165, 1.54) is 14.0 Å². The predicted octanol–water partition coefficient (Wildman–Crippen LogP) is -2.43. The summed E-state index contributed by atoms with van der Waals surface area (Å²) in [6.07, 6.45) is -3.35. The monoisotopic (exact) mass is 476 g/mol. The van der Waals surface area contributed by atoms with Crippen molar-refractivity contribution in [2.45, 2.75) is 58.0 Å². The van der Waals surface area contributed by atoms with Crippen LogP contribution in [0.1, 0.15) is 34.1 Å². The van der Waals surface area contributed by atoms with Crippen LogP contribution in [-0.2, 0) is 14.3 Å². The molecular weight excluding hydrogens is 428 g/mol. The molecule has 0 aromatic carbocycles. The lowest BCUT2D eigenvalue weighted by atomic mass is 9.91. The molecule has 0 radical (unpaired) electrons. The van der Waals surface area contributed by atoms with Gasteiger partial charge in [0, 0.05) is 78.6 Å². The first-order valence-corrected chi connectivity index (χ1v) is 12.0. The zero-order chi connectivity index (χ0) is 25.1. The Balaban J connectivity index is 3.64. The highest BCUT2D eigenvalue weighted by Gasteiger charge is 2.41. The van der Waals surface area contributed by atoms with Crippen molar-refractivity contribution in [1.29, 1.82) is 0 Å². The summed E-state index contributed by atoms with van der Waals surface area (Å²) in [6.45, 7) is 15.4. The van der Waals surface area contributed by atoms with Crippen molar-refractivity contribution < 1.29 is 24.5 Å². The molecule has 0 aromatic rings. The van der Waals surface area contributed by atoms with E-state index in [-0.39, 0.29) is 6.54 Å². The number of ether oxygens (including phenoxy) is 1. The van der Waals surface area contributed by atoms with E-state index in [9.17, 15) is 19.8 Å². The predicted molar refractivity (Wildman–Crippen MR) is 130 cm³/mol. The Bertz CT molecular complexity index is 520. The number of ketones is 1. The van der Waals surface area contributed by atoms with Gasteiger partial charge in [0.05, 0.1) is 0 Å². The molecule has 33 heavy (non-hydrogen) atoms. The van der Waals surface area contributed by atoms with Gasteiger partial charge in [0.25, 0.3) is 5.91 Å². The average molecular weight is 477 g/mol. The smallest absolute Gasteiger partial charge is 0.252 e. The van der Waals surface area contributed by atoms with Gasteiger partial charge in [-0.3, -0.25) is 9.59 Å². The molecule has 0 rings (SSSR count). The van der Waals surface area contributed by atoms with E-state index < -0.39 is 29.5 Å². The first-order chi connectivity index (χ1) is 15.7. The van der Waals surface area contributed by atoms with Gasteiger partial charge in [-0.05, 0) is 13.3 Å². The number of nitrogens with one attached hydrogen (secondary N) is 6. The number of Topliss-reactive ketones (excluding diaryl/α,β-unsaturated/α-hetero) is 1. The molecule has 11 heteroatoms. The highest BCUT2D eigenvalue weighted by molar-refractivity contribution is 5.96. The van der Waals surface area contributed by atoms with E-state index in [2.05, 4.69) is 45.7 Å². The van der Waals surface area contributed by atoms with Gasteiger partial charge in [-0.15, -0.1) is 0 Å². The van der Waals surface area contributed by atoms with E-state index in [1.54, 1.807) is 6.92 Å². The number of carbonyl (C=O) groups is 2. The van der Waals surface area contributed by atoms with Gasteiger partial charge in [-0.25, -0.2) is 0 Å². The zero-order valence-corrected chi connectivity index (χ0v) is 21.1. The van der Waals surface area contributed by atoms with Crippen molar-refractivity contribution in [2.75, 3.05) is 72.6 Å². The first kappa shape index (κ1) is 31.8. The third-order valence-corrected chi connectivity index (χ3v) is 5.37. The minimum absolute atomic E-state index is 0.271. The minimum atomic E-state index is -1.83. The third kappa shape index (κ3) is 14.6. The molecule has 0 fully saturated rings. The summed E-state index contributed by atoms with van der Waals surface area (Å²) in [5, 5.41) is 39.1. The molecule has 0 saturated heterocycles. The molecule has 0 aliphatic carbocycles. The summed E-state index contributed by atoms with van der Waals surface area (Å²) in [5.74, 6) is -1.51. The molecule has 0 aromatic heterocycles. The molecule has 0 aliphatic rings. The second-order valence-corrected chi connectivity index (χ2v) is 8.44. The summed E-state index contributed by atoms with van der Waals surface area (Å²) in [6, 6.07) is 0.520. The third-order valence-electron chi connectivity index (χ3n) is 5.37. The molecule has 196 valence electrons. The maximum atomic E-state index is 12.3. The van der Waals surface area contributed by atoms with Gasteiger partial charge < -0.3 is 46.9 Å². The molecule has 11 nitrogen and oxygen atoms in total. The van der Waals surface area contributed by atoms with E-state index in [0.29, 0.717) is 19.0 Å². The SMILES string of the molecule is CCC(C)(OC)C(=O)[C@H](O)[C@@H](O)C(=O)NCCNCCNCCNCCNCCNC(C)C. The Morgan fingerprint density at radius 2 is 1.21 bits per heavy atom. The Morgan fingerprint density at radius 3 is 1.61 bits per heavy atom. The number of hydrogen-bond donors (Lipinski definition) is 8. The molecule has 0 heterocycles. The van der Waals surface area contributed by atoms with Crippen LogP contribution < -0.4 is 31.9 Å². The van der Waals surface area contributed by atoms with Crippen LogP contribution in [0.15, 0.2) is 0 Å². The molecule has 1 unspecified atom stereocenters. The number of aliphatic hydroxyl groups excluding tert-OH is 2. The Hall–Kier alpha value is -1.18. The Kier molecular flexibility index (Phi) is 18.5. The van der Waals surface area contributed by atoms with E-state index in [4.69, 9.17) is 4.74 Å². The van der Waals surface area contributed by atoms with Gasteiger partial charge in [-0.2, -0.15) is 0 Å². The molecule has 0 bridgehead atoms. The number of carbonyl (C=O) groups excluding carboxylic acids is 2. The van der Waals surface area contributed by atoms with Gasteiger partial charge in [0.2, 0.25) is 0 Å². The van der Waals surface area contributed by atoms with Gasteiger partial charge in [-0.1, -0.05) is 20.8 Å². The molecule has 0 saturated carbocycles. The van der Waals surface area contributed by atoms with Gasteiger partial charge >= 0.3 is 0 Å². The lowest BCUT2D eigenvalue weighted by Gasteiger charge is -2.28. The zero-order valence-electron chi connectivity index (χ0n) is 21.1. The second-order valence-electron chi connectivity index (χ2n) is 8.44. The number of amides is 1. The van der Waals surface area contributed by atoms with E-state index >= 15 is 0 Å². The fourth-order valence-electron chi connectivity index (χ4n) is 2.88. The lowest BCUT2D eigenvalue weighted by molar-refractivity contribution is -0.158. The highest BCUT2D eigenvalue weighted by Crippen LogP contribution is 2.18. The first-order valence-electron chi connectivity index (χ1n) is 12.0. The minimum Gasteiger partial charge on any atom is -0.382 e. The van der Waals surface area contributed by atoms with Crippen LogP contribution in [0.4, 0.5) is 0 Å². The normalized spacial score (nSPS) is 15.3. The van der Waals surface area contributed by atoms with Crippen LogP contribution >= 0.6 is 0 Å². The number of rotatable bonds is 22. The van der Waals surface area contributed by atoms with Crippen molar-refractivity contribution in [3.8, 4) is 0 Å². The van der Waals surface area contributed by atoms with Crippen LogP contribution in [0.5, 0.6) is 0 Å². The lowest BCUT2D eigenvalue weighted by Crippen LogP contribution is -2.53. The maximum Gasteiger partial charge on any atom is 0.252 e. The summed E-state index contributed by atoms with van der Waals surface area (Å²) in [7, 11) is 1.35. The van der Waals surface area contributed by atoms with Gasteiger partial charge in [0.1, 0.15) is 5.60 Å². The average Bonchev–Trinajstić information content (AvgIpc) is 2.81.